The first kappa shape index (κ1) is 30.1. The van der Waals surface area contributed by atoms with Crippen LogP contribution >= 0.6 is 23.1 Å². The van der Waals surface area contributed by atoms with Crippen LogP contribution in [-0.2, 0) is 15.3 Å². The smallest absolute Gasteiger partial charge is 0.301 e. The zero-order chi connectivity index (χ0) is 31.2. The van der Waals surface area contributed by atoms with Crippen LogP contribution in [0.4, 0.5) is 5.13 Å². The molecule has 1 aliphatic heterocycles. The minimum atomic E-state index is -0.972. The zero-order valence-electron chi connectivity index (χ0n) is 24.3. The van der Waals surface area contributed by atoms with Crippen LogP contribution in [0.1, 0.15) is 36.1 Å². The van der Waals surface area contributed by atoms with Gasteiger partial charge in [-0.2, -0.15) is 0 Å². The Labute approximate surface area is 269 Å². The zero-order valence-corrected chi connectivity index (χ0v) is 26.0. The van der Waals surface area contributed by atoms with Crippen molar-refractivity contribution in [2.75, 3.05) is 11.5 Å². The number of anilines is 1. The summed E-state index contributed by atoms with van der Waals surface area (Å²) in [4.78, 5) is 28.7. The van der Waals surface area contributed by atoms with Crippen LogP contribution in [-0.4, -0.2) is 33.6 Å². The molecule has 0 radical (unpaired) electrons. The Morgan fingerprint density at radius 2 is 1.58 bits per heavy atom. The van der Waals surface area contributed by atoms with Crippen molar-refractivity contribution in [2.45, 2.75) is 29.5 Å². The standard InChI is InChI=1S/C35H29N3O5S2/c1-2-20-42-26-18-16-24(17-19-26)31(39)29-30(25-12-9-15-28(21-25)43-27-13-7-4-8-14-27)38(33(41)32(29)40)34-36-37-35(45-34)44-22-23-10-5-3-6-11-23/h3-19,21,30,39H,2,20,22H2,1H3/b31-29+. The quantitative estimate of drug-likeness (QED) is 0.0512. The number of ether oxygens (including phenoxy) is 2. The topological polar surface area (TPSA) is 102 Å². The fourth-order valence-corrected chi connectivity index (χ4v) is 6.70. The first-order valence-electron chi connectivity index (χ1n) is 14.4. The molecule has 0 saturated carbocycles. The third-order valence-corrected chi connectivity index (χ3v) is 9.13. The second-order valence-electron chi connectivity index (χ2n) is 10.2. The number of thioether (sulfide) groups is 1. The molecule has 1 atom stereocenters. The lowest BCUT2D eigenvalue weighted by Gasteiger charge is -2.23. The second kappa shape index (κ2) is 13.8. The van der Waals surface area contributed by atoms with Gasteiger partial charge in [-0.3, -0.25) is 14.5 Å². The molecule has 226 valence electrons. The number of Topliss-reactive ketones (excluding diaryl/α,β-unsaturated/α-hetero) is 1. The molecule has 4 aromatic carbocycles. The predicted octanol–water partition coefficient (Wildman–Crippen LogP) is 8.04. The second-order valence-corrected chi connectivity index (χ2v) is 12.3. The Morgan fingerprint density at radius 3 is 2.31 bits per heavy atom. The third kappa shape index (κ3) is 6.77. The van der Waals surface area contributed by atoms with Crippen molar-refractivity contribution in [2.24, 2.45) is 0 Å². The summed E-state index contributed by atoms with van der Waals surface area (Å²) in [6.07, 6.45) is 0.857. The number of aliphatic hydroxyl groups is 1. The highest BCUT2D eigenvalue weighted by Crippen LogP contribution is 2.45. The van der Waals surface area contributed by atoms with E-state index in [4.69, 9.17) is 9.47 Å². The van der Waals surface area contributed by atoms with E-state index < -0.39 is 17.7 Å². The van der Waals surface area contributed by atoms with E-state index in [-0.39, 0.29) is 16.5 Å². The van der Waals surface area contributed by atoms with Gasteiger partial charge in [-0.25, -0.2) is 0 Å². The number of para-hydroxylation sites is 1. The summed E-state index contributed by atoms with van der Waals surface area (Å²) in [5.74, 6) is 0.568. The number of amides is 1. The van der Waals surface area contributed by atoms with E-state index in [1.54, 1.807) is 48.5 Å². The van der Waals surface area contributed by atoms with Crippen LogP contribution in [0.25, 0.3) is 5.76 Å². The molecule has 6 rings (SSSR count). The predicted molar refractivity (Wildman–Crippen MR) is 176 cm³/mol. The van der Waals surface area contributed by atoms with Crippen LogP contribution in [0.2, 0.25) is 0 Å². The fourth-order valence-electron chi connectivity index (χ4n) is 4.88. The van der Waals surface area contributed by atoms with Gasteiger partial charge < -0.3 is 14.6 Å². The van der Waals surface area contributed by atoms with E-state index in [0.29, 0.717) is 45.1 Å². The maximum absolute atomic E-state index is 13.7. The van der Waals surface area contributed by atoms with Gasteiger partial charge in [0.05, 0.1) is 18.2 Å². The highest BCUT2D eigenvalue weighted by atomic mass is 32.2. The van der Waals surface area contributed by atoms with E-state index in [9.17, 15) is 14.7 Å². The third-order valence-electron chi connectivity index (χ3n) is 7.00. The SMILES string of the molecule is CCCOc1ccc(/C(O)=C2\C(=O)C(=O)N(c3nnc(SCc4ccccc4)s3)C2c2cccc(Oc3ccccc3)c2)cc1. The van der Waals surface area contributed by atoms with Crippen LogP contribution < -0.4 is 14.4 Å². The number of aliphatic hydroxyl groups excluding tert-OH is 1. The van der Waals surface area contributed by atoms with Gasteiger partial charge in [-0.05, 0) is 66.1 Å². The number of carbonyl (C=O) groups is 2. The molecule has 1 amide bonds. The summed E-state index contributed by atoms with van der Waals surface area (Å²) in [6.45, 7) is 2.58. The van der Waals surface area contributed by atoms with Crippen LogP contribution in [0.3, 0.4) is 0 Å². The lowest BCUT2D eigenvalue weighted by molar-refractivity contribution is -0.132. The molecule has 0 spiro atoms. The molecule has 1 aliphatic rings. The number of rotatable bonds is 11. The van der Waals surface area contributed by atoms with Crippen molar-refractivity contribution < 1.29 is 24.2 Å². The summed E-state index contributed by atoms with van der Waals surface area (Å²) in [7, 11) is 0. The normalized spacial score (nSPS) is 15.8. The first-order valence-corrected chi connectivity index (χ1v) is 16.2. The van der Waals surface area contributed by atoms with Crippen molar-refractivity contribution in [3.63, 3.8) is 0 Å². The van der Waals surface area contributed by atoms with Crippen molar-refractivity contribution in [1.29, 1.82) is 0 Å². The number of hydrogen-bond donors (Lipinski definition) is 1. The molecule has 1 fully saturated rings. The van der Waals surface area contributed by atoms with Crippen LogP contribution in [0.5, 0.6) is 17.2 Å². The van der Waals surface area contributed by atoms with E-state index in [1.165, 1.54) is 28.0 Å². The molecule has 1 unspecified atom stereocenters. The Kier molecular flexibility index (Phi) is 9.23. The molecule has 1 aromatic heterocycles. The van der Waals surface area contributed by atoms with E-state index in [1.807, 2.05) is 67.6 Å². The van der Waals surface area contributed by atoms with E-state index >= 15 is 0 Å². The van der Waals surface area contributed by atoms with Gasteiger partial charge in [-0.1, -0.05) is 90.7 Å². The van der Waals surface area contributed by atoms with E-state index in [0.717, 1.165) is 12.0 Å². The van der Waals surface area contributed by atoms with Crippen LogP contribution in [0, 0.1) is 0 Å². The maximum Gasteiger partial charge on any atom is 0.301 e. The summed E-state index contributed by atoms with van der Waals surface area (Å²) in [5, 5.41) is 20.4. The van der Waals surface area contributed by atoms with Crippen molar-refractivity contribution in [3.05, 3.63) is 131 Å². The fraction of sp³-hybridized carbons (Fsp3) is 0.143. The summed E-state index contributed by atoms with van der Waals surface area (Å²) in [5.41, 5.74) is 2.03. The molecule has 8 nitrogen and oxygen atoms in total. The lowest BCUT2D eigenvalue weighted by Crippen LogP contribution is -2.29. The van der Waals surface area contributed by atoms with Crippen molar-refractivity contribution in [3.8, 4) is 17.2 Å². The monoisotopic (exact) mass is 635 g/mol. The Bertz CT molecular complexity index is 1830. The number of carbonyl (C=O) groups excluding carboxylic acids is 2. The van der Waals surface area contributed by atoms with Gasteiger partial charge in [0.2, 0.25) is 5.13 Å². The molecule has 45 heavy (non-hydrogen) atoms. The molecule has 2 heterocycles. The van der Waals surface area contributed by atoms with Gasteiger partial charge in [0.1, 0.15) is 23.0 Å². The molecule has 10 heteroatoms. The number of aromatic nitrogens is 2. The molecule has 0 aliphatic carbocycles. The van der Waals surface area contributed by atoms with Crippen LogP contribution in [0.15, 0.2) is 119 Å². The maximum atomic E-state index is 13.7. The van der Waals surface area contributed by atoms with E-state index in [2.05, 4.69) is 10.2 Å². The molecular weight excluding hydrogens is 607 g/mol. The van der Waals surface area contributed by atoms with Gasteiger partial charge in [0, 0.05) is 11.3 Å². The van der Waals surface area contributed by atoms with Gasteiger partial charge in [0.15, 0.2) is 4.34 Å². The molecule has 1 N–H and O–H groups in total. The average Bonchev–Trinajstić information content (AvgIpc) is 3.65. The molecule has 0 bridgehead atoms. The van der Waals surface area contributed by atoms with Gasteiger partial charge in [0.25, 0.3) is 5.78 Å². The molecule has 5 aromatic rings. The largest absolute Gasteiger partial charge is 0.507 e. The summed E-state index contributed by atoms with van der Waals surface area (Å²) in [6, 6.07) is 32.2. The minimum Gasteiger partial charge on any atom is -0.507 e. The highest BCUT2D eigenvalue weighted by Gasteiger charge is 2.48. The van der Waals surface area contributed by atoms with Crippen molar-refractivity contribution >= 4 is 45.7 Å². The number of hydrogen-bond acceptors (Lipinski definition) is 9. The number of ketones is 1. The van der Waals surface area contributed by atoms with Gasteiger partial charge in [-0.15, -0.1) is 10.2 Å². The number of benzene rings is 4. The first-order chi connectivity index (χ1) is 22.0. The average molecular weight is 636 g/mol. The minimum absolute atomic E-state index is 0.0484. The molecule has 1 saturated heterocycles. The Morgan fingerprint density at radius 1 is 0.867 bits per heavy atom. The van der Waals surface area contributed by atoms with Crippen molar-refractivity contribution in [1.82, 2.24) is 10.2 Å². The Balaban J connectivity index is 1.38. The lowest BCUT2D eigenvalue weighted by atomic mass is 9.95. The Hall–Kier alpha value is -4.93. The number of nitrogens with zero attached hydrogens (tertiary/aromatic N) is 3. The highest BCUT2D eigenvalue weighted by molar-refractivity contribution is 8.00. The molecular formula is C35H29N3O5S2. The van der Waals surface area contributed by atoms with Gasteiger partial charge >= 0.3 is 5.91 Å². The summed E-state index contributed by atoms with van der Waals surface area (Å²) < 4.78 is 12.4. The summed E-state index contributed by atoms with van der Waals surface area (Å²) >= 11 is 2.72.